The Morgan fingerprint density at radius 2 is 1.71 bits per heavy atom. The van der Waals surface area contributed by atoms with E-state index in [-0.39, 0.29) is 5.92 Å². The molecule has 0 saturated carbocycles. The summed E-state index contributed by atoms with van der Waals surface area (Å²) in [6.45, 7) is 7.31. The van der Waals surface area contributed by atoms with Crippen LogP contribution in [0.5, 0.6) is 0 Å². The first-order valence-electron chi connectivity index (χ1n) is 6.80. The normalized spacial score (nSPS) is 17.0. The average Bonchev–Trinajstić information content (AvgIpc) is 2.97. The molecular weight excluding hydrogens is 294 g/mol. The zero-order valence-electron chi connectivity index (χ0n) is 12.6. The molecule has 1 rings (SSSR count). The van der Waals surface area contributed by atoms with Gasteiger partial charge in [0.05, 0.1) is 5.88 Å². The van der Waals surface area contributed by atoms with Gasteiger partial charge in [0.25, 0.3) is 0 Å². The van der Waals surface area contributed by atoms with Gasteiger partial charge < -0.3 is 15.1 Å². The molecule has 120 valence electrons. The number of rotatable bonds is 5. The Kier molecular flexibility index (Phi) is 9.53. The van der Waals surface area contributed by atoms with E-state index in [2.05, 4.69) is 20.8 Å². The first-order valence-corrected chi connectivity index (χ1v) is 7.95. The highest BCUT2D eigenvalue weighted by atomic mass is 32.2. The summed E-state index contributed by atoms with van der Waals surface area (Å²) in [6.07, 6.45) is 2.21. The fourth-order valence-corrected chi connectivity index (χ4v) is 2.57. The second-order valence-corrected chi connectivity index (χ2v) is 5.90. The summed E-state index contributed by atoms with van der Waals surface area (Å²) < 4.78 is 0. The van der Waals surface area contributed by atoms with E-state index in [4.69, 9.17) is 10.2 Å². The second-order valence-electron chi connectivity index (χ2n) is 4.82. The Morgan fingerprint density at radius 1 is 1.19 bits per heavy atom. The number of carbonyl (C=O) groups excluding carboxylic acids is 1. The molecule has 0 aliphatic carbocycles. The average molecular weight is 317 g/mol. The van der Waals surface area contributed by atoms with Gasteiger partial charge in [-0.3, -0.25) is 4.79 Å². The van der Waals surface area contributed by atoms with Gasteiger partial charge in [-0.1, -0.05) is 27.2 Å². The maximum Gasteiger partial charge on any atom is 0.328 e. The topological polar surface area (TPSA) is 94.9 Å². The molecule has 1 heterocycles. The van der Waals surface area contributed by atoms with E-state index in [0.717, 1.165) is 24.6 Å². The minimum Gasteiger partial charge on any atom is -0.478 e. The monoisotopic (exact) mass is 317 g/mol. The van der Waals surface area contributed by atoms with Crippen molar-refractivity contribution in [2.24, 2.45) is 11.8 Å². The van der Waals surface area contributed by atoms with Crippen molar-refractivity contribution in [2.45, 2.75) is 27.2 Å². The number of amides is 1. The Labute approximate surface area is 129 Å². The summed E-state index contributed by atoms with van der Waals surface area (Å²) in [4.78, 5) is 33.0. The summed E-state index contributed by atoms with van der Waals surface area (Å²) >= 11 is 1.85. The molecule has 0 unspecified atom stereocenters. The molecule has 21 heavy (non-hydrogen) atoms. The van der Waals surface area contributed by atoms with Crippen molar-refractivity contribution in [1.82, 2.24) is 4.90 Å². The molecule has 6 nitrogen and oxygen atoms in total. The van der Waals surface area contributed by atoms with Gasteiger partial charge >= 0.3 is 11.9 Å². The molecule has 0 aromatic carbocycles. The van der Waals surface area contributed by atoms with E-state index in [9.17, 15) is 14.4 Å². The van der Waals surface area contributed by atoms with Crippen LogP contribution in [0.4, 0.5) is 0 Å². The predicted octanol–water partition coefficient (Wildman–Crippen LogP) is 1.91. The highest BCUT2D eigenvalue weighted by molar-refractivity contribution is 7.99. The first-order chi connectivity index (χ1) is 9.79. The lowest BCUT2D eigenvalue weighted by molar-refractivity contribution is -0.135. The molecule has 1 saturated heterocycles. The van der Waals surface area contributed by atoms with Gasteiger partial charge in [-0.05, 0) is 5.92 Å². The standard InChI is InChI=1S/C10H19NOS.C4H4O4/c1-4-8(2)9(3)10(12)11-5-6-13-7-11;5-3(6)1-2-4(7)8/h8-9H,4-7H2,1-3H3;1-2H,(H,5,6)(H,7,8)/b;2-1+/t8-,9+;/m1./s1. The van der Waals surface area contributed by atoms with Crippen LogP contribution >= 0.6 is 11.8 Å². The van der Waals surface area contributed by atoms with Crippen LogP contribution in [-0.2, 0) is 14.4 Å². The Balaban J connectivity index is 0.000000433. The molecule has 2 atom stereocenters. The quantitative estimate of drug-likeness (QED) is 0.752. The van der Waals surface area contributed by atoms with Crippen molar-refractivity contribution >= 4 is 29.6 Å². The van der Waals surface area contributed by atoms with Crippen molar-refractivity contribution in [3.8, 4) is 0 Å². The highest BCUT2D eigenvalue weighted by Crippen LogP contribution is 2.21. The third kappa shape index (κ3) is 8.39. The minimum atomic E-state index is -1.26. The molecule has 1 amide bonds. The SMILES string of the molecule is CC[C@@H](C)[C@H](C)C(=O)N1CCSC1.O=C(O)/C=C/C(=O)O. The summed E-state index contributed by atoms with van der Waals surface area (Å²) in [5.41, 5.74) is 0. The van der Waals surface area contributed by atoms with Crippen LogP contribution in [0.2, 0.25) is 0 Å². The van der Waals surface area contributed by atoms with Gasteiger partial charge in [0.15, 0.2) is 0 Å². The van der Waals surface area contributed by atoms with Gasteiger partial charge in [-0.2, -0.15) is 0 Å². The molecule has 7 heteroatoms. The number of aliphatic carboxylic acids is 2. The lowest BCUT2D eigenvalue weighted by Crippen LogP contribution is -2.35. The fourth-order valence-electron chi connectivity index (χ4n) is 1.62. The van der Waals surface area contributed by atoms with Crippen molar-refractivity contribution in [3.05, 3.63) is 12.2 Å². The Bertz CT molecular complexity index is 375. The number of carboxylic acids is 2. The minimum absolute atomic E-state index is 0.198. The van der Waals surface area contributed by atoms with Crippen molar-refractivity contribution in [2.75, 3.05) is 18.2 Å². The number of carbonyl (C=O) groups is 3. The molecule has 0 bridgehead atoms. The van der Waals surface area contributed by atoms with Crippen LogP contribution in [0.3, 0.4) is 0 Å². The molecule has 0 radical (unpaired) electrons. The van der Waals surface area contributed by atoms with Crippen LogP contribution in [0.25, 0.3) is 0 Å². The van der Waals surface area contributed by atoms with E-state index in [1.165, 1.54) is 0 Å². The smallest absolute Gasteiger partial charge is 0.328 e. The maximum atomic E-state index is 11.9. The highest BCUT2D eigenvalue weighted by Gasteiger charge is 2.26. The third-order valence-corrected chi connectivity index (χ3v) is 4.29. The summed E-state index contributed by atoms with van der Waals surface area (Å²) in [6, 6.07) is 0. The van der Waals surface area contributed by atoms with Gasteiger partial charge in [0.2, 0.25) is 5.91 Å². The number of nitrogens with zero attached hydrogens (tertiary/aromatic N) is 1. The number of hydrogen-bond donors (Lipinski definition) is 2. The molecule has 0 aromatic heterocycles. The molecule has 1 aliphatic rings. The van der Waals surface area contributed by atoms with Gasteiger partial charge in [0.1, 0.15) is 0 Å². The maximum absolute atomic E-state index is 11.9. The molecule has 1 fully saturated rings. The fraction of sp³-hybridized carbons (Fsp3) is 0.643. The van der Waals surface area contributed by atoms with Crippen LogP contribution in [0.1, 0.15) is 27.2 Å². The molecule has 0 aromatic rings. The van der Waals surface area contributed by atoms with E-state index >= 15 is 0 Å². The van der Waals surface area contributed by atoms with E-state index in [1.807, 2.05) is 16.7 Å². The molecule has 0 spiro atoms. The summed E-state index contributed by atoms with van der Waals surface area (Å²) in [5, 5.41) is 15.6. The van der Waals surface area contributed by atoms with E-state index < -0.39 is 11.9 Å². The third-order valence-electron chi connectivity index (χ3n) is 3.32. The van der Waals surface area contributed by atoms with E-state index in [0.29, 0.717) is 24.0 Å². The first kappa shape index (κ1) is 19.5. The summed E-state index contributed by atoms with van der Waals surface area (Å²) in [5.74, 6) is 0.555. The largest absolute Gasteiger partial charge is 0.478 e. The van der Waals surface area contributed by atoms with Gasteiger partial charge in [0, 0.05) is 30.4 Å². The number of hydrogen-bond acceptors (Lipinski definition) is 4. The zero-order chi connectivity index (χ0) is 16.4. The van der Waals surface area contributed by atoms with E-state index in [1.54, 1.807) is 0 Å². The second kappa shape index (κ2) is 10.3. The van der Waals surface area contributed by atoms with Crippen LogP contribution in [0, 0.1) is 11.8 Å². The van der Waals surface area contributed by atoms with Gasteiger partial charge in [-0.15, -0.1) is 11.8 Å². The molecular formula is C14H23NO5S. The van der Waals surface area contributed by atoms with Crippen LogP contribution in [0.15, 0.2) is 12.2 Å². The predicted molar refractivity (Wildman–Crippen MR) is 82.1 cm³/mol. The number of carboxylic acid groups (broad SMARTS) is 2. The van der Waals surface area contributed by atoms with Crippen molar-refractivity contribution in [1.29, 1.82) is 0 Å². The van der Waals surface area contributed by atoms with Crippen molar-refractivity contribution < 1.29 is 24.6 Å². The lowest BCUT2D eigenvalue weighted by atomic mass is 9.92. The number of thioether (sulfide) groups is 1. The summed E-state index contributed by atoms with van der Waals surface area (Å²) in [7, 11) is 0. The zero-order valence-corrected chi connectivity index (χ0v) is 13.4. The lowest BCUT2D eigenvalue weighted by Gasteiger charge is -2.23. The Morgan fingerprint density at radius 3 is 2.05 bits per heavy atom. The van der Waals surface area contributed by atoms with Crippen LogP contribution < -0.4 is 0 Å². The van der Waals surface area contributed by atoms with Crippen LogP contribution in [-0.4, -0.2) is 51.1 Å². The Hall–Kier alpha value is -1.50. The molecule has 1 aliphatic heterocycles. The van der Waals surface area contributed by atoms with Crippen molar-refractivity contribution in [3.63, 3.8) is 0 Å². The molecule has 2 N–H and O–H groups in total. The van der Waals surface area contributed by atoms with Gasteiger partial charge in [-0.25, -0.2) is 9.59 Å².